The van der Waals surface area contributed by atoms with Gasteiger partial charge in [-0.2, -0.15) is 5.10 Å². The van der Waals surface area contributed by atoms with Crippen molar-refractivity contribution in [2.24, 2.45) is 0 Å². The van der Waals surface area contributed by atoms with Crippen molar-refractivity contribution < 1.29 is 4.79 Å². The minimum Gasteiger partial charge on any atom is -0.337 e. The van der Waals surface area contributed by atoms with Gasteiger partial charge in [-0.15, -0.1) is 0 Å². The Bertz CT molecular complexity index is 1060. The van der Waals surface area contributed by atoms with Crippen LogP contribution in [-0.2, 0) is 12.8 Å². The number of fused-ring (bicyclic) bond motifs is 1. The minimum absolute atomic E-state index is 0.0787. The van der Waals surface area contributed by atoms with Gasteiger partial charge in [0.25, 0.3) is 5.91 Å². The average Bonchev–Trinajstić information content (AvgIpc) is 3.23. The lowest BCUT2D eigenvalue weighted by Gasteiger charge is -2.32. The van der Waals surface area contributed by atoms with Gasteiger partial charge in [0, 0.05) is 41.7 Å². The smallest absolute Gasteiger partial charge is 0.274 e. The number of likely N-dealkylation sites (tertiary alicyclic amines) is 1. The van der Waals surface area contributed by atoms with Crippen LogP contribution in [-0.4, -0.2) is 39.1 Å². The van der Waals surface area contributed by atoms with Crippen molar-refractivity contribution in [1.82, 2.24) is 20.1 Å². The number of amides is 1. The predicted molar refractivity (Wildman–Crippen MR) is 118 cm³/mol. The number of benzene rings is 1. The maximum atomic E-state index is 13.3. The fraction of sp³-hybridized carbons (Fsp3) is 0.400. The van der Waals surface area contributed by atoms with Crippen LogP contribution in [0.1, 0.15) is 64.7 Å². The van der Waals surface area contributed by atoms with Crippen LogP contribution < -0.4 is 0 Å². The second-order valence-electron chi connectivity index (χ2n) is 8.61. The van der Waals surface area contributed by atoms with Crippen LogP contribution in [0.2, 0.25) is 0 Å². The molecule has 3 aromatic rings. The molecule has 1 aliphatic heterocycles. The zero-order chi connectivity index (χ0) is 20.5. The molecule has 1 amide bonds. The summed E-state index contributed by atoms with van der Waals surface area (Å²) >= 11 is 0. The molecule has 0 radical (unpaired) electrons. The molecule has 30 heavy (non-hydrogen) atoms. The molecule has 1 saturated heterocycles. The van der Waals surface area contributed by atoms with Gasteiger partial charge in [-0.05, 0) is 68.7 Å². The Morgan fingerprint density at radius 2 is 1.90 bits per heavy atom. The first kappa shape index (κ1) is 19.0. The number of hydrogen-bond acceptors (Lipinski definition) is 3. The van der Waals surface area contributed by atoms with Gasteiger partial charge in [-0.25, -0.2) is 0 Å². The monoisotopic (exact) mass is 400 g/mol. The first-order valence-corrected chi connectivity index (χ1v) is 11.1. The predicted octanol–water partition coefficient (Wildman–Crippen LogP) is 4.68. The summed E-state index contributed by atoms with van der Waals surface area (Å²) in [6.07, 6.45) is 6.35. The minimum atomic E-state index is 0.0787. The molecule has 3 heterocycles. The fourth-order valence-electron chi connectivity index (χ4n) is 4.91. The highest BCUT2D eigenvalue weighted by molar-refractivity contribution is 5.94. The number of carbonyl (C=O) groups is 1. The van der Waals surface area contributed by atoms with E-state index in [1.165, 1.54) is 17.5 Å². The first-order valence-electron chi connectivity index (χ1n) is 11.1. The van der Waals surface area contributed by atoms with Gasteiger partial charge in [0.05, 0.1) is 0 Å². The van der Waals surface area contributed by atoms with Gasteiger partial charge >= 0.3 is 0 Å². The SMILES string of the molecule is Cc1cc(-c2ccccc2)cc(C2CCCN(C(=O)c3n[nH]c4c3CCCC4)C2)n1. The van der Waals surface area contributed by atoms with Gasteiger partial charge in [0.2, 0.25) is 0 Å². The van der Waals surface area contributed by atoms with Gasteiger partial charge in [-0.3, -0.25) is 14.9 Å². The van der Waals surface area contributed by atoms with E-state index in [-0.39, 0.29) is 11.8 Å². The van der Waals surface area contributed by atoms with Crippen molar-refractivity contribution in [3.05, 3.63) is 70.8 Å². The van der Waals surface area contributed by atoms with Gasteiger partial charge in [0.1, 0.15) is 0 Å². The number of aromatic amines is 1. The summed E-state index contributed by atoms with van der Waals surface area (Å²) in [6, 6.07) is 14.8. The Balaban J connectivity index is 1.39. The van der Waals surface area contributed by atoms with Gasteiger partial charge in [-0.1, -0.05) is 30.3 Å². The van der Waals surface area contributed by atoms with Crippen LogP contribution in [0.25, 0.3) is 11.1 Å². The third-order valence-corrected chi connectivity index (χ3v) is 6.47. The standard InChI is InChI=1S/C25H28N4O/c1-17-14-20(18-8-3-2-4-9-18)15-23(26-17)19-10-7-13-29(16-19)25(30)24-21-11-5-6-12-22(21)27-28-24/h2-4,8-9,14-15,19H,5-7,10-13,16H2,1H3,(H,27,28). The zero-order valence-electron chi connectivity index (χ0n) is 17.5. The molecule has 5 heteroatoms. The highest BCUT2D eigenvalue weighted by atomic mass is 16.2. The average molecular weight is 401 g/mol. The maximum absolute atomic E-state index is 13.3. The molecule has 1 aromatic carbocycles. The van der Waals surface area contributed by atoms with Crippen molar-refractivity contribution in [3.63, 3.8) is 0 Å². The molecule has 0 bridgehead atoms. The van der Waals surface area contributed by atoms with Crippen LogP contribution in [0.4, 0.5) is 0 Å². The van der Waals surface area contributed by atoms with Gasteiger partial charge < -0.3 is 4.90 Å². The number of H-pyrrole nitrogens is 1. The molecule has 0 spiro atoms. The summed E-state index contributed by atoms with van der Waals surface area (Å²) in [5.41, 5.74) is 7.47. The number of hydrogen-bond donors (Lipinski definition) is 1. The number of pyridine rings is 1. The second kappa shape index (κ2) is 8.05. The summed E-state index contributed by atoms with van der Waals surface area (Å²) in [5.74, 6) is 0.342. The van der Waals surface area contributed by atoms with Crippen molar-refractivity contribution in [3.8, 4) is 11.1 Å². The number of aromatic nitrogens is 3. The number of rotatable bonds is 3. The molecule has 5 rings (SSSR count). The van der Waals surface area contributed by atoms with Crippen LogP contribution in [0.5, 0.6) is 0 Å². The molecule has 2 aliphatic rings. The van der Waals surface area contributed by atoms with Crippen molar-refractivity contribution in [2.75, 3.05) is 13.1 Å². The van der Waals surface area contributed by atoms with E-state index in [9.17, 15) is 4.79 Å². The van der Waals surface area contributed by atoms with Crippen LogP contribution in [0.15, 0.2) is 42.5 Å². The fourth-order valence-corrected chi connectivity index (χ4v) is 4.91. The van der Waals surface area contributed by atoms with Crippen molar-refractivity contribution in [2.45, 2.75) is 51.4 Å². The van der Waals surface area contributed by atoms with Crippen LogP contribution >= 0.6 is 0 Å². The van der Waals surface area contributed by atoms with Crippen molar-refractivity contribution >= 4 is 5.91 Å². The van der Waals surface area contributed by atoms with Crippen LogP contribution in [0, 0.1) is 6.92 Å². The first-order chi connectivity index (χ1) is 14.7. The Kier molecular flexibility index (Phi) is 5.11. The summed E-state index contributed by atoms with van der Waals surface area (Å²) < 4.78 is 0. The van der Waals surface area contributed by atoms with Crippen molar-refractivity contribution in [1.29, 1.82) is 0 Å². The molecule has 1 unspecified atom stereocenters. The maximum Gasteiger partial charge on any atom is 0.274 e. The Labute approximate surface area is 177 Å². The molecule has 154 valence electrons. The van der Waals surface area contributed by atoms with E-state index < -0.39 is 0 Å². The summed E-state index contributed by atoms with van der Waals surface area (Å²) in [4.78, 5) is 20.1. The van der Waals surface area contributed by atoms with Crippen LogP contribution in [0.3, 0.4) is 0 Å². The summed E-state index contributed by atoms with van der Waals surface area (Å²) in [6.45, 7) is 3.57. The highest BCUT2D eigenvalue weighted by Gasteiger charge is 2.30. The molecule has 0 saturated carbocycles. The van der Waals surface area contributed by atoms with E-state index in [1.807, 2.05) is 11.0 Å². The number of aryl methyl sites for hydroxylation is 2. The normalized spacial score (nSPS) is 18.8. The Hall–Kier alpha value is -2.95. The lowest BCUT2D eigenvalue weighted by atomic mass is 9.91. The number of carbonyl (C=O) groups excluding carboxylic acids is 1. The molecular formula is C25H28N4O. The third-order valence-electron chi connectivity index (χ3n) is 6.47. The highest BCUT2D eigenvalue weighted by Crippen LogP contribution is 2.31. The van der Waals surface area contributed by atoms with E-state index in [0.717, 1.165) is 61.3 Å². The van der Waals surface area contributed by atoms with E-state index in [1.54, 1.807) is 0 Å². The van der Waals surface area contributed by atoms with Gasteiger partial charge in [0.15, 0.2) is 5.69 Å². The molecular weight excluding hydrogens is 372 g/mol. The number of piperidine rings is 1. The largest absolute Gasteiger partial charge is 0.337 e. The lowest BCUT2D eigenvalue weighted by molar-refractivity contribution is 0.0698. The Morgan fingerprint density at radius 1 is 1.07 bits per heavy atom. The molecule has 1 fully saturated rings. The molecule has 1 N–H and O–H groups in total. The molecule has 1 aliphatic carbocycles. The second-order valence-corrected chi connectivity index (χ2v) is 8.61. The zero-order valence-corrected chi connectivity index (χ0v) is 17.5. The third kappa shape index (κ3) is 3.64. The molecule has 1 atom stereocenters. The van der Waals surface area contributed by atoms with E-state index in [0.29, 0.717) is 12.2 Å². The Morgan fingerprint density at radius 3 is 2.77 bits per heavy atom. The number of nitrogens with one attached hydrogen (secondary N) is 1. The van der Waals surface area contributed by atoms with E-state index >= 15 is 0 Å². The van der Waals surface area contributed by atoms with E-state index in [2.05, 4.69) is 53.5 Å². The number of nitrogens with zero attached hydrogens (tertiary/aromatic N) is 3. The lowest BCUT2D eigenvalue weighted by Crippen LogP contribution is -2.40. The quantitative estimate of drug-likeness (QED) is 0.694. The molecule has 5 nitrogen and oxygen atoms in total. The summed E-state index contributed by atoms with van der Waals surface area (Å²) in [5, 5.41) is 7.52. The summed E-state index contributed by atoms with van der Waals surface area (Å²) in [7, 11) is 0. The van der Waals surface area contributed by atoms with E-state index in [4.69, 9.17) is 4.98 Å². The molecule has 2 aromatic heterocycles. The topological polar surface area (TPSA) is 61.9 Å².